The normalized spacial score (nSPS) is 10.8. The SMILES string of the molecule is CNCc1cnc(OCCCN(C)C)cn1. The predicted octanol–water partition coefficient (Wildman–Crippen LogP) is 0.527. The maximum Gasteiger partial charge on any atom is 0.232 e. The first-order chi connectivity index (χ1) is 7.72. The van der Waals surface area contributed by atoms with Gasteiger partial charge in [-0.05, 0) is 27.6 Å². The zero-order valence-corrected chi connectivity index (χ0v) is 10.2. The Morgan fingerprint density at radius 3 is 2.69 bits per heavy atom. The molecule has 0 bridgehead atoms. The first kappa shape index (κ1) is 12.9. The summed E-state index contributed by atoms with van der Waals surface area (Å²) in [4.78, 5) is 10.5. The second-order valence-corrected chi connectivity index (χ2v) is 3.88. The number of nitrogens with zero attached hydrogens (tertiary/aromatic N) is 3. The molecule has 0 radical (unpaired) electrons. The van der Waals surface area contributed by atoms with Gasteiger partial charge in [-0.1, -0.05) is 0 Å². The molecule has 0 aliphatic heterocycles. The second kappa shape index (κ2) is 7.14. The highest BCUT2D eigenvalue weighted by molar-refractivity contribution is 5.06. The Kier molecular flexibility index (Phi) is 5.74. The van der Waals surface area contributed by atoms with Crippen molar-refractivity contribution in [3.63, 3.8) is 0 Å². The van der Waals surface area contributed by atoms with E-state index in [1.165, 1.54) is 0 Å². The second-order valence-electron chi connectivity index (χ2n) is 3.88. The minimum Gasteiger partial charge on any atom is -0.477 e. The number of rotatable bonds is 7. The molecule has 5 heteroatoms. The molecular weight excluding hydrogens is 204 g/mol. The molecule has 1 N–H and O–H groups in total. The lowest BCUT2D eigenvalue weighted by Gasteiger charge is -2.09. The van der Waals surface area contributed by atoms with Gasteiger partial charge in [0.1, 0.15) is 0 Å². The summed E-state index contributed by atoms with van der Waals surface area (Å²) in [6, 6.07) is 0. The van der Waals surface area contributed by atoms with Crippen molar-refractivity contribution < 1.29 is 4.74 Å². The number of hydrogen-bond donors (Lipinski definition) is 1. The fourth-order valence-corrected chi connectivity index (χ4v) is 1.25. The molecule has 0 aliphatic rings. The van der Waals surface area contributed by atoms with Crippen molar-refractivity contribution in [3.05, 3.63) is 18.1 Å². The maximum absolute atomic E-state index is 5.47. The third-order valence-electron chi connectivity index (χ3n) is 2.04. The molecule has 0 fully saturated rings. The Labute approximate surface area is 96.8 Å². The zero-order chi connectivity index (χ0) is 11.8. The van der Waals surface area contributed by atoms with Crippen LogP contribution in [0.2, 0.25) is 0 Å². The highest BCUT2D eigenvalue weighted by atomic mass is 16.5. The summed E-state index contributed by atoms with van der Waals surface area (Å²) in [5, 5.41) is 3.02. The van der Waals surface area contributed by atoms with Crippen LogP contribution >= 0.6 is 0 Å². The van der Waals surface area contributed by atoms with E-state index in [1.807, 2.05) is 21.1 Å². The summed E-state index contributed by atoms with van der Waals surface area (Å²) in [6.45, 7) is 2.43. The van der Waals surface area contributed by atoms with Crippen LogP contribution in [-0.2, 0) is 6.54 Å². The summed E-state index contributed by atoms with van der Waals surface area (Å²) >= 11 is 0. The van der Waals surface area contributed by atoms with Gasteiger partial charge >= 0.3 is 0 Å². The Morgan fingerprint density at radius 2 is 2.12 bits per heavy atom. The average molecular weight is 224 g/mol. The van der Waals surface area contributed by atoms with Gasteiger partial charge in [-0.15, -0.1) is 0 Å². The van der Waals surface area contributed by atoms with Crippen molar-refractivity contribution in [2.45, 2.75) is 13.0 Å². The molecule has 90 valence electrons. The molecule has 5 nitrogen and oxygen atoms in total. The molecule has 0 amide bonds. The summed E-state index contributed by atoms with van der Waals surface area (Å²) < 4.78 is 5.47. The van der Waals surface area contributed by atoms with Crippen molar-refractivity contribution in [2.75, 3.05) is 34.3 Å². The molecular formula is C11H20N4O. The minimum absolute atomic E-state index is 0.596. The van der Waals surface area contributed by atoms with Crippen LogP contribution in [0.5, 0.6) is 5.88 Å². The van der Waals surface area contributed by atoms with Crippen molar-refractivity contribution in [3.8, 4) is 5.88 Å². The van der Waals surface area contributed by atoms with Gasteiger partial charge in [0.05, 0.1) is 24.7 Å². The molecule has 16 heavy (non-hydrogen) atoms. The molecule has 1 rings (SSSR count). The van der Waals surface area contributed by atoms with Crippen molar-refractivity contribution in [1.82, 2.24) is 20.2 Å². The number of nitrogens with one attached hydrogen (secondary N) is 1. The van der Waals surface area contributed by atoms with Crippen LogP contribution < -0.4 is 10.1 Å². The van der Waals surface area contributed by atoms with Crippen LogP contribution in [-0.4, -0.2) is 49.2 Å². The Morgan fingerprint density at radius 1 is 1.31 bits per heavy atom. The maximum atomic E-state index is 5.47. The van der Waals surface area contributed by atoms with Crippen LogP contribution in [0.25, 0.3) is 0 Å². The van der Waals surface area contributed by atoms with E-state index in [2.05, 4.69) is 20.2 Å². The van der Waals surface area contributed by atoms with Crippen LogP contribution in [0.4, 0.5) is 0 Å². The van der Waals surface area contributed by atoms with Crippen molar-refractivity contribution >= 4 is 0 Å². The molecule has 1 aromatic heterocycles. The third kappa shape index (κ3) is 5.04. The van der Waals surface area contributed by atoms with E-state index in [0.717, 1.165) is 25.2 Å². The van der Waals surface area contributed by atoms with Crippen LogP contribution in [0, 0.1) is 0 Å². The van der Waals surface area contributed by atoms with Gasteiger partial charge in [0, 0.05) is 13.1 Å². The molecule has 0 saturated carbocycles. The van der Waals surface area contributed by atoms with Gasteiger partial charge in [0.15, 0.2) is 0 Å². The lowest BCUT2D eigenvalue weighted by atomic mass is 10.4. The molecule has 1 heterocycles. The van der Waals surface area contributed by atoms with E-state index in [9.17, 15) is 0 Å². The largest absolute Gasteiger partial charge is 0.477 e. The van der Waals surface area contributed by atoms with Gasteiger partial charge in [-0.25, -0.2) is 4.98 Å². The fraction of sp³-hybridized carbons (Fsp3) is 0.636. The Bertz CT molecular complexity index is 287. The number of ether oxygens (including phenoxy) is 1. The lowest BCUT2D eigenvalue weighted by molar-refractivity contribution is 0.272. The molecule has 0 saturated heterocycles. The van der Waals surface area contributed by atoms with Gasteiger partial charge in [-0.3, -0.25) is 4.98 Å². The highest BCUT2D eigenvalue weighted by Crippen LogP contribution is 2.04. The summed E-state index contributed by atoms with van der Waals surface area (Å²) in [5.41, 5.74) is 0.920. The summed E-state index contributed by atoms with van der Waals surface area (Å²) in [6.07, 6.45) is 4.40. The fourth-order valence-electron chi connectivity index (χ4n) is 1.25. The summed E-state index contributed by atoms with van der Waals surface area (Å²) in [5.74, 6) is 0.596. The monoisotopic (exact) mass is 224 g/mol. The molecule has 0 atom stereocenters. The van der Waals surface area contributed by atoms with E-state index >= 15 is 0 Å². The highest BCUT2D eigenvalue weighted by Gasteiger charge is 1.98. The average Bonchev–Trinajstić information content (AvgIpc) is 2.27. The van der Waals surface area contributed by atoms with Gasteiger partial charge in [0.2, 0.25) is 5.88 Å². The van der Waals surface area contributed by atoms with Crippen molar-refractivity contribution in [1.29, 1.82) is 0 Å². The van der Waals surface area contributed by atoms with E-state index < -0.39 is 0 Å². The quantitative estimate of drug-likeness (QED) is 0.685. The third-order valence-corrected chi connectivity index (χ3v) is 2.04. The van der Waals surface area contributed by atoms with Crippen LogP contribution in [0.3, 0.4) is 0 Å². The van der Waals surface area contributed by atoms with E-state index in [4.69, 9.17) is 4.74 Å². The topological polar surface area (TPSA) is 50.3 Å². The predicted molar refractivity (Wildman–Crippen MR) is 63.5 cm³/mol. The first-order valence-electron chi connectivity index (χ1n) is 5.45. The van der Waals surface area contributed by atoms with E-state index in [1.54, 1.807) is 12.4 Å². The van der Waals surface area contributed by atoms with Gasteiger partial charge < -0.3 is 15.0 Å². The lowest BCUT2D eigenvalue weighted by Crippen LogP contribution is -2.15. The molecule has 0 spiro atoms. The zero-order valence-electron chi connectivity index (χ0n) is 10.2. The smallest absolute Gasteiger partial charge is 0.232 e. The molecule has 0 aliphatic carbocycles. The molecule has 0 unspecified atom stereocenters. The van der Waals surface area contributed by atoms with Gasteiger partial charge in [-0.2, -0.15) is 0 Å². The molecule has 0 aromatic carbocycles. The van der Waals surface area contributed by atoms with Crippen LogP contribution in [0.15, 0.2) is 12.4 Å². The standard InChI is InChI=1S/C11H20N4O/c1-12-7-10-8-14-11(9-13-10)16-6-4-5-15(2)3/h8-9,12H,4-7H2,1-3H3. The Hall–Kier alpha value is -1.20. The number of hydrogen-bond acceptors (Lipinski definition) is 5. The Balaban J connectivity index is 2.26. The van der Waals surface area contributed by atoms with E-state index in [0.29, 0.717) is 12.5 Å². The first-order valence-corrected chi connectivity index (χ1v) is 5.45. The van der Waals surface area contributed by atoms with E-state index in [-0.39, 0.29) is 0 Å². The summed E-state index contributed by atoms with van der Waals surface area (Å²) in [7, 11) is 5.98. The minimum atomic E-state index is 0.596. The van der Waals surface area contributed by atoms with Crippen LogP contribution in [0.1, 0.15) is 12.1 Å². The number of aromatic nitrogens is 2. The van der Waals surface area contributed by atoms with Crippen molar-refractivity contribution in [2.24, 2.45) is 0 Å². The molecule has 1 aromatic rings. The van der Waals surface area contributed by atoms with Gasteiger partial charge in [0.25, 0.3) is 0 Å².